The molecule has 2 amide bonds. The molecule has 1 aromatic carbocycles. The van der Waals surface area contributed by atoms with E-state index in [9.17, 15) is 19.7 Å². The highest BCUT2D eigenvalue weighted by atomic mass is 16.6. The Morgan fingerprint density at radius 2 is 2.00 bits per heavy atom. The number of nitrogens with one attached hydrogen (secondary N) is 1. The molecule has 1 fully saturated rings. The van der Waals surface area contributed by atoms with Gasteiger partial charge in [-0.05, 0) is 50.3 Å². The fourth-order valence-corrected chi connectivity index (χ4v) is 4.32. The molecule has 3 heterocycles. The number of aryl methyl sites for hydroxylation is 2. The zero-order valence-electron chi connectivity index (χ0n) is 17.5. The topological polar surface area (TPSA) is 109 Å². The Kier molecular flexibility index (Phi) is 6.03. The number of furan rings is 1. The number of piperidine rings is 1. The van der Waals surface area contributed by atoms with Gasteiger partial charge in [0.1, 0.15) is 0 Å². The van der Waals surface area contributed by atoms with E-state index in [0.29, 0.717) is 18.8 Å². The highest BCUT2D eigenvalue weighted by molar-refractivity contribution is 5.96. The maximum absolute atomic E-state index is 13.0. The molecule has 0 unspecified atom stereocenters. The molecule has 2 aliphatic rings. The van der Waals surface area contributed by atoms with Crippen molar-refractivity contribution in [1.29, 1.82) is 0 Å². The number of likely N-dealkylation sites (tertiary alicyclic amines) is 1. The summed E-state index contributed by atoms with van der Waals surface area (Å²) in [6, 6.07) is 6.53. The Morgan fingerprint density at radius 1 is 1.23 bits per heavy atom. The smallest absolute Gasteiger partial charge is 0.287 e. The average molecular weight is 426 g/mol. The second-order valence-electron chi connectivity index (χ2n) is 8.18. The number of non-ortho nitro benzene ring substituents is 1. The summed E-state index contributed by atoms with van der Waals surface area (Å²) in [6.45, 7) is 4.19. The third kappa shape index (κ3) is 4.61. The molecule has 0 atom stereocenters. The van der Waals surface area contributed by atoms with Crippen LogP contribution in [0, 0.1) is 17.0 Å². The second-order valence-corrected chi connectivity index (χ2v) is 8.18. The van der Waals surface area contributed by atoms with E-state index in [1.165, 1.54) is 12.3 Å². The predicted octanol–water partition coefficient (Wildman–Crippen LogP) is 2.67. The molecule has 2 aliphatic heterocycles. The fourth-order valence-electron chi connectivity index (χ4n) is 4.32. The standard InChI is InChI=1S/C22H26N4O5/c1-15-8-12-31-21(15)22(28)23-17-6-10-24(11-7-17)14-20(27)25-9-2-3-16-13-18(26(29)30)4-5-19(16)25/h4-5,8,12-13,17H,2-3,6-7,9-11,14H2,1H3,(H,23,28). The zero-order valence-corrected chi connectivity index (χ0v) is 17.5. The fraction of sp³-hybridized carbons (Fsp3) is 0.455. The monoisotopic (exact) mass is 426 g/mol. The van der Waals surface area contributed by atoms with Crippen molar-refractivity contribution < 1.29 is 18.9 Å². The van der Waals surface area contributed by atoms with Gasteiger partial charge in [-0.3, -0.25) is 24.6 Å². The molecule has 1 N–H and O–H groups in total. The van der Waals surface area contributed by atoms with Crippen LogP contribution < -0.4 is 10.2 Å². The van der Waals surface area contributed by atoms with E-state index in [1.807, 2.05) is 6.92 Å². The molecule has 4 rings (SSSR count). The van der Waals surface area contributed by atoms with Crippen LogP contribution >= 0.6 is 0 Å². The summed E-state index contributed by atoms with van der Waals surface area (Å²) in [4.78, 5) is 39.8. The molecular weight excluding hydrogens is 400 g/mol. The first-order chi connectivity index (χ1) is 14.9. The van der Waals surface area contributed by atoms with E-state index in [2.05, 4.69) is 10.2 Å². The molecule has 9 heteroatoms. The van der Waals surface area contributed by atoms with Gasteiger partial charge in [0.15, 0.2) is 5.76 Å². The van der Waals surface area contributed by atoms with Gasteiger partial charge in [-0.15, -0.1) is 0 Å². The number of fused-ring (bicyclic) bond motifs is 1. The predicted molar refractivity (Wildman–Crippen MR) is 114 cm³/mol. The molecule has 1 saturated heterocycles. The molecule has 164 valence electrons. The summed E-state index contributed by atoms with van der Waals surface area (Å²) in [5, 5.41) is 14.0. The SMILES string of the molecule is Cc1ccoc1C(=O)NC1CCN(CC(=O)N2CCCc3cc([N+](=O)[O-])ccc32)CC1. The van der Waals surface area contributed by atoms with Crippen molar-refractivity contribution in [2.24, 2.45) is 0 Å². The largest absolute Gasteiger partial charge is 0.459 e. The Labute approximate surface area is 180 Å². The second kappa shape index (κ2) is 8.89. The van der Waals surface area contributed by atoms with Gasteiger partial charge in [-0.25, -0.2) is 0 Å². The first kappa shape index (κ1) is 21.0. The van der Waals surface area contributed by atoms with Crippen LogP contribution in [0.5, 0.6) is 0 Å². The van der Waals surface area contributed by atoms with E-state index in [4.69, 9.17) is 4.42 Å². The molecule has 2 aromatic rings. The molecule has 0 radical (unpaired) electrons. The van der Waals surface area contributed by atoms with Crippen LogP contribution in [-0.2, 0) is 11.2 Å². The third-order valence-corrected chi connectivity index (χ3v) is 6.04. The first-order valence-electron chi connectivity index (χ1n) is 10.6. The van der Waals surface area contributed by atoms with Crippen molar-refractivity contribution in [3.05, 3.63) is 57.5 Å². The highest BCUT2D eigenvalue weighted by Gasteiger charge is 2.28. The van der Waals surface area contributed by atoms with Crippen LogP contribution in [0.1, 0.15) is 40.9 Å². The maximum atomic E-state index is 13.0. The van der Waals surface area contributed by atoms with Gasteiger partial charge in [-0.2, -0.15) is 0 Å². The summed E-state index contributed by atoms with van der Waals surface area (Å²) < 4.78 is 5.25. The van der Waals surface area contributed by atoms with Crippen LogP contribution in [0.15, 0.2) is 34.9 Å². The van der Waals surface area contributed by atoms with Gasteiger partial charge in [0.25, 0.3) is 11.6 Å². The van der Waals surface area contributed by atoms with Crippen LogP contribution in [0.3, 0.4) is 0 Å². The van der Waals surface area contributed by atoms with Gasteiger partial charge in [0.05, 0.1) is 17.7 Å². The van der Waals surface area contributed by atoms with E-state index < -0.39 is 4.92 Å². The number of benzene rings is 1. The quantitative estimate of drug-likeness (QED) is 0.582. The van der Waals surface area contributed by atoms with Crippen LogP contribution in [0.25, 0.3) is 0 Å². The van der Waals surface area contributed by atoms with E-state index in [0.717, 1.165) is 55.6 Å². The van der Waals surface area contributed by atoms with Gasteiger partial charge < -0.3 is 14.6 Å². The number of carbonyl (C=O) groups excluding carboxylic acids is 2. The summed E-state index contributed by atoms with van der Waals surface area (Å²) in [5.74, 6) is 0.154. The highest BCUT2D eigenvalue weighted by Crippen LogP contribution is 2.30. The van der Waals surface area contributed by atoms with Crippen molar-refractivity contribution >= 4 is 23.2 Å². The molecule has 1 aromatic heterocycles. The number of anilines is 1. The lowest BCUT2D eigenvalue weighted by molar-refractivity contribution is -0.384. The summed E-state index contributed by atoms with van der Waals surface area (Å²) in [6.07, 6.45) is 4.57. The number of carbonyl (C=O) groups is 2. The lowest BCUT2D eigenvalue weighted by atomic mass is 10.0. The molecule has 0 saturated carbocycles. The average Bonchev–Trinajstić information content (AvgIpc) is 3.20. The Balaban J connectivity index is 1.31. The third-order valence-electron chi connectivity index (χ3n) is 6.04. The van der Waals surface area contributed by atoms with Gasteiger partial charge in [0.2, 0.25) is 5.91 Å². The number of nitrogens with zero attached hydrogens (tertiary/aromatic N) is 3. The minimum absolute atomic E-state index is 0.00324. The summed E-state index contributed by atoms with van der Waals surface area (Å²) in [7, 11) is 0. The molecule has 0 spiro atoms. The number of amides is 2. The molecule has 0 bridgehead atoms. The van der Waals surface area contributed by atoms with Crippen molar-refractivity contribution in [1.82, 2.24) is 10.2 Å². The zero-order chi connectivity index (χ0) is 22.0. The molecular formula is C22H26N4O5. The minimum Gasteiger partial charge on any atom is -0.459 e. The van der Waals surface area contributed by atoms with E-state index >= 15 is 0 Å². The van der Waals surface area contributed by atoms with Crippen molar-refractivity contribution in [2.75, 3.05) is 31.1 Å². The Bertz CT molecular complexity index is 994. The molecule has 0 aliphatic carbocycles. The first-order valence-corrected chi connectivity index (χ1v) is 10.6. The van der Waals surface area contributed by atoms with Gasteiger partial charge in [0, 0.05) is 49.1 Å². The maximum Gasteiger partial charge on any atom is 0.287 e. The molecule has 31 heavy (non-hydrogen) atoms. The van der Waals surface area contributed by atoms with E-state index in [-0.39, 0.29) is 23.5 Å². The lowest BCUT2D eigenvalue weighted by Gasteiger charge is -2.35. The number of rotatable bonds is 5. The number of nitro benzene ring substituents is 1. The van der Waals surface area contributed by atoms with Crippen LogP contribution in [-0.4, -0.2) is 53.9 Å². The van der Waals surface area contributed by atoms with E-state index in [1.54, 1.807) is 23.1 Å². The lowest BCUT2D eigenvalue weighted by Crippen LogP contribution is -2.48. The van der Waals surface area contributed by atoms with Crippen molar-refractivity contribution in [3.8, 4) is 0 Å². The van der Waals surface area contributed by atoms with Crippen LogP contribution in [0.2, 0.25) is 0 Å². The van der Waals surface area contributed by atoms with Crippen molar-refractivity contribution in [3.63, 3.8) is 0 Å². The summed E-state index contributed by atoms with van der Waals surface area (Å²) >= 11 is 0. The Hall–Kier alpha value is -3.20. The Morgan fingerprint density at radius 3 is 2.68 bits per heavy atom. The summed E-state index contributed by atoms with van der Waals surface area (Å²) in [5.41, 5.74) is 2.50. The van der Waals surface area contributed by atoms with Crippen molar-refractivity contribution in [2.45, 2.75) is 38.6 Å². The minimum atomic E-state index is -0.406. The molecule has 9 nitrogen and oxygen atoms in total. The van der Waals surface area contributed by atoms with Crippen LogP contribution in [0.4, 0.5) is 11.4 Å². The normalized spacial score (nSPS) is 17.3. The number of nitro groups is 1. The number of hydrogen-bond donors (Lipinski definition) is 1. The van der Waals surface area contributed by atoms with Gasteiger partial charge >= 0.3 is 0 Å². The van der Waals surface area contributed by atoms with Gasteiger partial charge in [-0.1, -0.05) is 0 Å². The number of hydrogen-bond acceptors (Lipinski definition) is 6.